The lowest BCUT2D eigenvalue weighted by Crippen LogP contribution is -3.28. The molecule has 3 N–H and O–H groups in total. The van der Waals surface area contributed by atoms with Crippen LogP contribution in [0.15, 0.2) is 18.2 Å². The molecule has 1 atom stereocenters. The molecule has 1 aromatic carbocycles. The van der Waals surface area contributed by atoms with Gasteiger partial charge >= 0.3 is 0 Å². The van der Waals surface area contributed by atoms with Crippen LogP contribution in [0.5, 0.6) is 11.5 Å². The molecule has 2 aliphatic rings. The molecule has 0 bridgehead atoms. The molecule has 1 amide bonds. The second-order valence-electron chi connectivity index (χ2n) is 7.64. The number of hydrogen-bond donors (Lipinski definition) is 3. The van der Waals surface area contributed by atoms with Gasteiger partial charge < -0.3 is 24.6 Å². The van der Waals surface area contributed by atoms with Gasteiger partial charge in [0.15, 0.2) is 18.0 Å². The van der Waals surface area contributed by atoms with E-state index in [2.05, 4.69) is 38.2 Å². The zero-order valence-electron chi connectivity index (χ0n) is 15.6. The van der Waals surface area contributed by atoms with E-state index in [0.717, 1.165) is 44.2 Å². The first-order chi connectivity index (χ1) is 12.0. The number of ether oxygens (including phenoxy) is 2. The highest BCUT2D eigenvalue weighted by molar-refractivity contribution is 5.77. The topological polar surface area (TPSA) is 56.4 Å². The van der Waals surface area contributed by atoms with Gasteiger partial charge in [-0.3, -0.25) is 4.79 Å². The predicted molar refractivity (Wildman–Crippen MR) is 95.0 cm³/mol. The highest BCUT2D eigenvalue weighted by Crippen LogP contribution is 2.32. The zero-order valence-corrected chi connectivity index (χ0v) is 15.6. The van der Waals surface area contributed by atoms with Crippen molar-refractivity contribution in [1.29, 1.82) is 0 Å². The Balaban J connectivity index is 1.42. The van der Waals surface area contributed by atoms with Gasteiger partial charge in [0.25, 0.3) is 5.91 Å². The van der Waals surface area contributed by atoms with Crippen molar-refractivity contribution in [2.45, 2.75) is 33.4 Å². The van der Waals surface area contributed by atoms with Gasteiger partial charge in [0, 0.05) is 11.6 Å². The summed E-state index contributed by atoms with van der Waals surface area (Å²) in [7, 11) is 0. The Morgan fingerprint density at radius 1 is 1.08 bits per heavy atom. The van der Waals surface area contributed by atoms with Crippen LogP contribution in [0.1, 0.15) is 26.3 Å². The van der Waals surface area contributed by atoms with E-state index in [4.69, 9.17) is 9.47 Å². The maximum Gasteiger partial charge on any atom is 0.275 e. The van der Waals surface area contributed by atoms with Crippen LogP contribution in [0.25, 0.3) is 0 Å². The summed E-state index contributed by atoms with van der Waals surface area (Å²) in [5, 5.41) is 3.11. The van der Waals surface area contributed by atoms with Gasteiger partial charge in [-0.15, -0.1) is 0 Å². The van der Waals surface area contributed by atoms with Gasteiger partial charge in [0.05, 0.1) is 0 Å². The van der Waals surface area contributed by atoms with E-state index in [1.54, 1.807) is 4.90 Å². The first-order valence-corrected chi connectivity index (χ1v) is 9.36. The highest BCUT2D eigenvalue weighted by Gasteiger charge is 2.26. The van der Waals surface area contributed by atoms with Crippen LogP contribution in [-0.4, -0.2) is 51.5 Å². The maximum absolute atomic E-state index is 12.1. The fourth-order valence-corrected chi connectivity index (χ4v) is 3.35. The van der Waals surface area contributed by atoms with Crippen molar-refractivity contribution in [3.05, 3.63) is 23.8 Å². The summed E-state index contributed by atoms with van der Waals surface area (Å²) >= 11 is 0. The predicted octanol–water partition coefficient (Wildman–Crippen LogP) is -1.14. The molecule has 6 nitrogen and oxygen atoms in total. The second kappa shape index (κ2) is 8.06. The SMILES string of the molecule is CC(C)[C@@H](C)NC(=O)C[NH+]1CC[NH+](Cc2ccc3c(c2)OCO3)CC1. The summed E-state index contributed by atoms with van der Waals surface area (Å²) in [4.78, 5) is 15.1. The molecular weight excluding hydrogens is 318 g/mol. The number of amides is 1. The van der Waals surface area contributed by atoms with Crippen LogP contribution in [0, 0.1) is 5.92 Å². The molecule has 25 heavy (non-hydrogen) atoms. The van der Waals surface area contributed by atoms with Gasteiger partial charge in [0.1, 0.15) is 32.7 Å². The lowest BCUT2D eigenvalue weighted by atomic mass is 10.1. The number of piperazine rings is 1. The number of rotatable bonds is 6. The molecule has 0 aromatic heterocycles. The van der Waals surface area contributed by atoms with E-state index in [-0.39, 0.29) is 11.9 Å². The van der Waals surface area contributed by atoms with Crippen molar-refractivity contribution < 1.29 is 24.1 Å². The molecule has 0 saturated carbocycles. The smallest absolute Gasteiger partial charge is 0.275 e. The fourth-order valence-electron chi connectivity index (χ4n) is 3.35. The van der Waals surface area contributed by atoms with Crippen LogP contribution in [0.3, 0.4) is 0 Å². The minimum absolute atomic E-state index is 0.176. The normalized spacial score (nSPS) is 23.5. The van der Waals surface area contributed by atoms with E-state index >= 15 is 0 Å². The number of quaternary nitrogens is 2. The molecule has 2 aliphatic heterocycles. The Morgan fingerprint density at radius 2 is 1.76 bits per heavy atom. The third-order valence-corrected chi connectivity index (χ3v) is 5.35. The molecule has 3 rings (SSSR count). The molecule has 0 unspecified atom stereocenters. The summed E-state index contributed by atoms with van der Waals surface area (Å²) < 4.78 is 10.8. The van der Waals surface area contributed by atoms with Crippen molar-refractivity contribution in [2.75, 3.05) is 39.5 Å². The van der Waals surface area contributed by atoms with Gasteiger partial charge in [-0.1, -0.05) is 13.8 Å². The van der Waals surface area contributed by atoms with Crippen molar-refractivity contribution in [3.63, 3.8) is 0 Å². The number of hydrogen-bond acceptors (Lipinski definition) is 3. The van der Waals surface area contributed by atoms with Crippen LogP contribution >= 0.6 is 0 Å². The molecule has 0 spiro atoms. The summed E-state index contributed by atoms with van der Waals surface area (Å²) in [6.45, 7) is 12.5. The Hall–Kier alpha value is -1.79. The maximum atomic E-state index is 12.1. The van der Waals surface area contributed by atoms with Gasteiger partial charge in [-0.2, -0.15) is 0 Å². The molecule has 6 heteroatoms. The van der Waals surface area contributed by atoms with Crippen molar-refractivity contribution in [3.8, 4) is 11.5 Å². The number of nitrogens with one attached hydrogen (secondary N) is 3. The van der Waals surface area contributed by atoms with Gasteiger partial charge in [-0.25, -0.2) is 0 Å². The van der Waals surface area contributed by atoms with E-state index in [1.807, 2.05) is 6.07 Å². The van der Waals surface area contributed by atoms with Crippen molar-refractivity contribution >= 4 is 5.91 Å². The largest absolute Gasteiger partial charge is 0.454 e. The second-order valence-corrected chi connectivity index (χ2v) is 7.64. The van der Waals surface area contributed by atoms with Crippen LogP contribution in [0.2, 0.25) is 0 Å². The van der Waals surface area contributed by atoms with Crippen molar-refractivity contribution in [2.24, 2.45) is 5.92 Å². The summed E-state index contributed by atoms with van der Waals surface area (Å²) in [6.07, 6.45) is 0. The third-order valence-electron chi connectivity index (χ3n) is 5.35. The molecule has 2 heterocycles. The average Bonchev–Trinajstić information content (AvgIpc) is 3.04. The lowest BCUT2D eigenvalue weighted by Gasteiger charge is -2.30. The molecule has 138 valence electrons. The van der Waals surface area contributed by atoms with Crippen LogP contribution < -0.4 is 24.6 Å². The van der Waals surface area contributed by atoms with E-state index in [0.29, 0.717) is 19.3 Å². The number of carbonyl (C=O) groups excluding carboxylic acids is 1. The number of carbonyl (C=O) groups is 1. The van der Waals surface area contributed by atoms with E-state index in [9.17, 15) is 4.79 Å². The Labute approximate surface area is 150 Å². The summed E-state index contributed by atoms with van der Waals surface area (Å²) in [5.41, 5.74) is 1.28. The van der Waals surface area contributed by atoms with Gasteiger partial charge in [0.2, 0.25) is 6.79 Å². The standard InChI is InChI=1S/C19H29N3O3/c1-14(2)15(3)20-19(23)12-22-8-6-21(7-9-22)11-16-4-5-17-18(10-16)25-13-24-17/h4-5,10,14-15H,6-9,11-13H2,1-3H3,(H,20,23)/p+2/t15-/m1/s1. The quantitative estimate of drug-likeness (QED) is 0.609. The minimum Gasteiger partial charge on any atom is -0.454 e. The Bertz CT molecular complexity index is 598. The lowest BCUT2D eigenvalue weighted by molar-refractivity contribution is -1.02. The molecule has 0 aliphatic carbocycles. The van der Waals surface area contributed by atoms with Crippen molar-refractivity contribution in [1.82, 2.24) is 5.32 Å². The van der Waals surface area contributed by atoms with Crippen LogP contribution in [-0.2, 0) is 11.3 Å². The first-order valence-electron chi connectivity index (χ1n) is 9.36. The zero-order chi connectivity index (χ0) is 17.8. The fraction of sp³-hybridized carbons (Fsp3) is 0.632. The molecule has 1 fully saturated rings. The first kappa shape index (κ1) is 18.0. The number of benzene rings is 1. The highest BCUT2D eigenvalue weighted by atomic mass is 16.7. The summed E-state index contributed by atoms with van der Waals surface area (Å²) in [6, 6.07) is 6.46. The molecular formula is C19H31N3O3+2. The number of fused-ring (bicyclic) bond motifs is 1. The summed E-state index contributed by atoms with van der Waals surface area (Å²) in [5.74, 6) is 2.35. The van der Waals surface area contributed by atoms with Crippen LogP contribution in [0.4, 0.5) is 0 Å². The molecule has 1 saturated heterocycles. The third kappa shape index (κ3) is 4.86. The average molecular weight is 349 g/mol. The molecule has 0 radical (unpaired) electrons. The minimum atomic E-state index is 0.176. The monoisotopic (exact) mass is 349 g/mol. The van der Waals surface area contributed by atoms with Gasteiger partial charge in [-0.05, 0) is 31.0 Å². The Morgan fingerprint density at radius 3 is 2.48 bits per heavy atom. The van der Waals surface area contributed by atoms with E-state index < -0.39 is 0 Å². The molecule has 1 aromatic rings. The Kier molecular flexibility index (Phi) is 5.81. The van der Waals surface area contributed by atoms with E-state index in [1.165, 1.54) is 10.5 Å².